The molecular formula is C20H13Cl6NO2. The van der Waals surface area contributed by atoms with Gasteiger partial charge < -0.3 is 0 Å². The van der Waals surface area contributed by atoms with E-state index in [-0.39, 0.29) is 45.6 Å². The standard InChI is InChI=1S/C20H13Cl6NO2/c21-14-15(22)19(24)13-9-6-8(12(13)18(14,23)20(19,25)26)10-11(9)17(29)27(16(10)28)7-4-2-1-3-5-7/h1-5,8-13H,6H2/t8-,9+,10-,11+,12+,13-,18-,19-/m1/s1. The molecule has 4 aliphatic carbocycles. The summed E-state index contributed by atoms with van der Waals surface area (Å²) in [7, 11) is 0. The number of alkyl halides is 4. The maximum atomic E-state index is 13.4. The Labute approximate surface area is 197 Å². The van der Waals surface area contributed by atoms with Gasteiger partial charge in [0, 0.05) is 0 Å². The number of imide groups is 1. The number of anilines is 1. The first-order chi connectivity index (χ1) is 13.6. The van der Waals surface area contributed by atoms with E-state index in [1.165, 1.54) is 4.90 Å². The smallest absolute Gasteiger partial charge is 0.237 e. The van der Waals surface area contributed by atoms with Gasteiger partial charge in [0.2, 0.25) is 11.8 Å². The molecule has 6 rings (SSSR count). The minimum atomic E-state index is -1.63. The van der Waals surface area contributed by atoms with Gasteiger partial charge in [-0.3, -0.25) is 14.5 Å². The summed E-state index contributed by atoms with van der Waals surface area (Å²) in [5.41, 5.74) is 0.573. The number of hydrogen-bond donors (Lipinski definition) is 0. The van der Waals surface area contributed by atoms with Crippen LogP contribution in [0.15, 0.2) is 40.4 Å². The molecule has 4 bridgehead atoms. The number of benzene rings is 1. The van der Waals surface area contributed by atoms with Crippen LogP contribution >= 0.6 is 69.6 Å². The molecule has 0 spiro atoms. The van der Waals surface area contributed by atoms with Gasteiger partial charge in [-0.05, 0) is 42.2 Å². The zero-order chi connectivity index (χ0) is 20.7. The normalized spacial score (nSPS) is 48.7. The SMILES string of the molecule is O=C1[C@@H]2[C@H]3C[C@@H]([C@@H]2C(=O)N1c1ccccc1)[C@@H]1[C@H]3[C@@]2(Cl)C(Cl)=C(Cl)[C@@]1(Cl)C2(Cl)Cl. The summed E-state index contributed by atoms with van der Waals surface area (Å²) in [6.45, 7) is 0. The molecular weight excluding hydrogens is 499 g/mol. The number of para-hydroxylation sites is 1. The van der Waals surface area contributed by atoms with Gasteiger partial charge in [-0.25, -0.2) is 0 Å². The van der Waals surface area contributed by atoms with Gasteiger partial charge in [-0.2, -0.15) is 0 Å². The Kier molecular flexibility index (Phi) is 3.77. The molecule has 0 unspecified atom stereocenters. The van der Waals surface area contributed by atoms with Crippen LogP contribution in [-0.4, -0.2) is 25.9 Å². The van der Waals surface area contributed by atoms with E-state index in [0.29, 0.717) is 12.1 Å². The number of fused-ring (bicyclic) bond motifs is 12. The number of allylic oxidation sites excluding steroid dienone is 2. The first kappa shape index (κ1) is 19.5. The molecule has 1 saturated heterocycles. The molecule has 8 atom stereocenters. The summed E-state index contributed by atoms with van der Waals surface area (Å²) in [6.07, 6.45) is 0.659. The van der Waals surface area contributed by atoms with E-state index in [9.17, 15) is 9.59 Å². The predicted octanol–water partition coefficient (Wildman–Crippen LogP) is 5.52. The van der Waals surface area contributed by atoms with E-state index >= 15 is 0 Å². The van der Waals surface area contributed by atoms with Crippen molar-refractivity contribution in [2.24, 2.45) is 35.5 Å². The number of halogens is 6. The van der Waals surface area contributed by atoms with E-state index in [2.05, 4.69) is 0 Å². The molecule has 9 heteroatoms. The molecule has 4 fully saturated rings. The Morgan fingerprint density at radius 2 is 1.24 bits per heavy atom. The Hall–Kier alpha value is -0.160. The summed E-state index contributed by atoms with van der Waals surface area (Å²) in [5.74, 6) is -2.39. The van der Waals surface area contributed by atoms with Gasteiger partial charge >= 0.3 is 0 Å². The van der Waals surface area contributed by atoms with Crippen LogP contribution in [0.5, 0.6) is 0 Å². The number of amides is 2. The molecule has 0 N–H and O–H groups in total. The summed E-state index contributed by atoms with van der Waals surface area (Å²) in [4.78, 5) is 25.3. The second-order valence-corrected chi connectivity index (χ2v) is 11.9. The molecule has 3 nitrogen and oxygen atoms in total. The van der Waals surface area contributed by atoms with Crippen LogP contribution in [0.1, 0.15) is 6.42 Å². The van der Waals surface area contributed by atoms with Gasteiger partial charge in [0.15, 0.2) is 4.33 Å². The second kappa shape index (κ2) is 5.60. The van der Waals surface area contributed by atoms with Crippen LogP contribution in [0.4, 0.5) is 5.69 Å². The van der Waals surface area contributed by atoms with Crippen molar-refractivity contribution in [1.82, 2.24) is 0 Å². The lowest BCUT2D eigenvalue weighted by Gasteiger charge is -2.42. The predicted molar refractivity (Wildman–Crippen MR) is 115 cm³/mol. The summed E-state index contributed by atoms with van der Waals surface area (Å²) in [6, 6.07) is 8.95. The third-order valence-electron chi connectivity index (χ3n) is 7.85. The topological polar surface area (TPSA) is 37.4 Å². The van der Waals surface area contributed by atoms with Crippen molar-refractivity contribution in [1.29, 1.82) is 0 Å². The van der Waals surface area contributed by atoms with E-state index in [4.69, 9.17) is 69.6 Å². The van der Waals surface area contributed by atoms with E-state index in [1.54, 1.807) is 24.3 Å². The second-order valence-electron chi connectivity index (χ2n) is 8.64. The fraction of sp³-hybridized carbons (Fsp3) is 0.500. The Morgan fingerprint density at radius 3 is 1.69 bits per heavy atom. The van der Waals surface area contributed by atoms with Gasteiger partial charge in [0.05, 0.1) is 27.6 Å². The van der Waals surface area contributed by atoms with Gasteiger partial charge in [-0.1, -0.05) is 64.6 Å². The molecule has 152 valence electrons. The van der Waals surface area contributed by atoms with Crippen molar-refractivity contribution in [3.05, 3.63) is 40.4 Å². The highest BCUT2D eigenvalue weighted by Crippen LogP contribution is 2.84. The van der Waals surface area contributed by atoms with Gasteiger partial charge in [0.25, 0.3) is 0 Å². The number of rotatable bonds is 1. The first-order valence-corrected chi connectivity index (χ1v) is 11.6. The fourth-order valence-electron chi connectivity index (χ4n) is 6.98. The number of nitrogens with zero attached hydrogens (tertiary/aromatic N) is 1. The highest BCUT2D eigenvalue weighted by atomic mass is 35.5. The third kappa shape index (κ3) is 1.79. The van der Waals surface area contributed by atoms with Crippen molar-refractivity contribution in [2.45, 2.75) is 20.5 Å². The van der Waals surface area contributed by atoms with Crippen molar-refractivity contribution < 1.29 is 9.59 Å². The minimum Gasteiger partial charge on any atom is -0.274 e. The molecule has 0 aromatic heterocycles. The van der Waals surface area contributed by atoms with Crippen LogP contribution in [0.3, 0.4) is 0 Å². The van der Waals surface area contributed by atoms with Crippen LogP contribution in [-0.2, 0) is 9.59 Å². The molecule has 1 aromatic rings. The molecule has 1 aliphatic heterocycles. The highest BCUT2D eigenvalue weighted by Gasteiger charge is 2.88. The first-order valence-electron chi connectivity index (χ1n) is 9.34. The highest BCUT2D eigenvalue weighted by molar-refractivity contribution is 6.65. The summed E-state index contributed by atoms with van der Waals surface area (Å²) in [5, 5.41) is 0.311. The van der Waals surface area contributed by atoms with Crippen LogP contribution < -0.4 is 4.90 Å². The van der Waals surface area contributed by atoms with Crippen molar-refractivity contribution in [2.75, 3.05) is 4.90 Å². The number of carbonyl (C=O) groups excluding carboxylic acids is 2. The van der Waals surface area contributed by atoms with Crippen LogP contribution in [0.25, 0.3) is 0 Å². The maximum absolute atomic E-state index is 13.4. The van der Waals surface area contributed by atoms with Crippen molar-refractivity contribution in [3.63, 3.8) is 0 Å². The molecule has 3 saturated carbocycles. The number of hydrogen-bond acceptors (Lipinski definition) is 2. The van der Waals surface area contributed by atoms with Gasteiger partial charge in [0.1, 0.15) is 9.75 Å². The molecule has 1 aromatic carbocycles. The Balaban J connectivity index is 1.49. The third-order valence-corrected chi connectivity index (χ3v) is 12.1. The summed E-state index contributed by atoms with van der Waals surface area (Å²) < 4.78 is -1.63. The average Bonchev–Trinajstić information content (AvgIpc) is 3.39. The van der Waals surface area contributed by atoms with Crippen LogP contribution in [0.2, 0.25) is 0 Å². The lowest BCUT2D eigenvalue weighted by molar-refractivity contribution is -0.123. The lowest BCUT2D eigenvalue weighted by Crippen LogP contribution is -2.46. The zero-order valence-corrected chi connectivity index (χ0v) is 19.1. The van der Waals surface area contributed by atoms with Gasteiger partial charge in [-0.15, -0.1) is 23.2 Å². The molecule has 29 heavy (non-hydrogen) atoms. The van der Waals surface area contributed by atoms with Crippen LogP contribution in [0, 0.1) is 35.5 Å². The minimum absolute atomic E-state index is 0.155. The monoisotopic (exact) mass is 509 g/mol. The van der Waals surface area contributed by atoms with Crippen molar-refractivity contribution >= 4 is 87.1 Å². The molecule has 1 heterocycles. The maximum Gasteiger partial charge on any atom is 0.237 e. The summed E-state index contributed by atoms with van der Waals surface area (Å²) >= 11 is 40.5. The Bertz CT molecular complexity index is 969. The molecule has 0 radical (unpaired) electrons. The van der Waals surface area contributed by atoms with E-state index in [0.717, 1.165) is 0 Å². The number of carbonyl (C=O) groups is 2. The molecule has 2 amide bonds. The Morgan fingerprint density at radius 1 is 0.793 bits per heavy atom. The van der Waals surface area contributed by atoms with E-state index < -0.39 is 25.9 Å². The largest absolute Gasteiger partial charge is 0.274 e. The van der Waals surface area contributed by atoms with Crippen molar-refractivity contribution in [3.8, 4) is 0 Å². The average molecular weight is 512 g/mol. The quantitative estimate of drug-likeness (QED) is 0.283. The fourth-order valence-corrected chi connectivity index (χ4v) is 10.1. The molecule has 5 aliphatic rings. The lowest BCUT2D eigenvalue weighted by atomic mass is 9.65. The van der Waals surface area contributed by atoms with E-state index in [1.807, 2.05) is 6.07 Å². The zero-order valence-electron chi connectivity index (χ0n) is 14.6.